The van der Waals surface area contributed by atoms with Crippen molar-refractivity contribution in [1.82, 2.24) is 0 Å². The van der Waals surface area contributed by atoms with E-state index in [2.05, 4.69) is 204 Å². The van der Waals surface area contributed by atoms with Crippen molar-refractivity contribution in [2.24, 2.45) is 0 Å². The van der Waals surface area contributed by atoms with E-state index in [1.807, 2.05) is 109 Å². The molecule has 0 aliphatic carbocycles. The average Bonchev–Trinajstić information content (AvgIpc) is 1.52. The van der Waals surface area contributed by atoms with Crippen LogP contribution in [0.1, 0.15) is 0 Å². The molecule has 0 aromatic heterocycles. The summed E-state index contributed by atoms with van der Waals surface area (Å²) in [5, 5.41) is 14.4. The van der Waals surface area contributed by atoms with Gasteiger partial charge < -0.3 is 9.80 Å². The van der Waals surface area contributed by atoms with Crippen molar-refractivity contribution in [1.29, 1.82) is 0 Å². The van der Waals surface area contributed by atoms with Crippen molar-refractivity contribution < 1.29 is 8.78 Å². The Labute approximate surface area is 484 Å². The number of nitrogens with zero attached hydrogens (tertiary/aromatic N) is 2. The standard InChI is InChI=1S/C80H50F2N2/c81-79-71(67-37-17-25-53-21-9-13-33-63(53)67)47-57(65-35-15-23-51-19-7-11-31-61(51)65)49-75(79)83(59-27-3-1-4-28-59)73-45-41-55-40-44-70-74(46-42-56-39-43-69(73)77(55)78(56)70)84(60-29-5-2-6-30-60)76-50-58(66-36-16-24-52-20-8-12-32-62(52)66)48-72(80(76)82)68-38-18-26-54-22-10-14-34-64(54)68/h1-50H. The summed E-state index contributed by atoms with van der Waals surface area (Å²) >= 11 is 0. The summed E-state index contributed by atoms with van der Waals surface area (Å²) < 4.78 is 37.5. The zero-order valence-corrected chi connectivity index (χ0v) is 45.5. The summed E-state index contributed by atoms with van der Waals surface area (Å²) in [5.74, 6) is -0.664. The topological polar surface area (TPSA) is 6.48 Å². The third-order valence-corrected chi connectivity index (χ3v) is 17.1. The molecule has 0 saturated carbocycles. The summed E-state index contributed by atoms with van der Waals surface area (Å²) in [5.41, 5.74) is 10.6. The Morgan fingerprint density at radius 1 is 0.202 bits per heavy atom. The van der Waals surface area contributed by atoms with Gasteiger partial charge in [-0.05, 0) is 159 Å². The SMILES string of the molecule is Fc1c(-c2cccc3ccccc23)cc(-c2cccc3ccccc23)cc1N(c1ccccc1)c1ccc2ccc3c(N(c4ccccc4)c4cc(-c5cccc6ccccc56)cc(-c5cccc6ccccc56)c4F)ccc4ccc1c2c43. The molecule has 0 N–H and O–H groups in total. The first-order chi connectivity index (χ1) is 41.5. The van der Waals surface area contributed by atoms with E-state index < -0.39 is 0 Å². The Kier molecular flexibility index (Phi) is 11.6. The van der Waals surface area contributed by atoms with Gasteiger partial charge >= 0.3 is 0 Å². The molecule has 84 heavy (non-hydrogen) atoms. The van der Waals surface area contributed by atoms with Gasteiger partial charge in [-0.1, -0.05) is 243 Å². The maximum atomic E-state index is 18.8. The molecule has 394 valence electrons. The van der Waals surface area contributed by atoms with E-state index in [0.717, 1.165) is 132 Å². The second-order valence-electron chi connectivity index (χ2n) is 21.8. The van der Waals surface area contributed by atoms with Gasteiger partial charge in [-0.15, -0.1) is 0 Å². The summed E-state index contributed by atoms with van der Waals surface area (Å²) in [6.45, 7) is 0. The molecule has 0 fully saturated rings. The molecule has 0 unspecified atom stereocenters. The van der Waals surface area contributed by atoms with E-state index in [1.165, 1.54) is 0 Å². The summed E-state index contributed by atoms with van der Waals surface area (Å²) in [6.07, 6.45) is 0. The van der Waals surface area contributed by atoms with E-state index in [9.17, 15) is 0 Å². The number of para-hydroxylation sites is 2. The quantitative estimate of drug-likeness (QED) is 0.126. The van der Waals surface area contributed by atoms with Crippen LogP contribution in [0.2, 0.25) is 0 Å². The van der Waals surface area contributed by atoms with Crippen molar-refractivity contribution in [3.05, 3.63) is 315 Å². The smallest absolute Gasteiger partial charge is 0.155 e. The van der Waals surface area contributed by atoms with Gasteiger partial charge in [0.2, 0.25) is 0 Å². The molecule has 2 nitrogen and oxygen atoms in total. The van der Waals surface area contributed by atoms with Gasteiger partial charge in [0.15, 0.2) is 11.6 Å². The highest BCUT2D eigenvalue weighted by molar-refractivity contribution is 6.28. The van der Waals surface area contributed by atoms with Crippen LogP contribution in [0, 0.1) is 11.6 Å². The maximum absolute atomic E-state index is 18.8. The number of halogens is 2. The lowest BCUT2D eigenvalue weighted by atomic mass is 9.90. The van der Waals surface area contributed by atoms with E-state index >= 15 is 8.78 Å². The molecule has 0 heterocycles. The number of anilines is 6. The van der Waals surface area contributed by atoms with E-state index in [1.54, 1.807) is 0 Å². The van der Waals surface area contributed by atoms with Crippen molar-refractivity contribution in [2.45, 2.75) is 0 Å². The highest BCUT2D eigenvalue weighted by atomic mass is 19.1. The lowest BCUT2D eigenvalue weighted by Gasteiger charge is -2.31. The normalized spacial score (nSPS) is 11.7. The lowest BCUT2D eigenvalue weighted by molar-refractivity contribution is 0.632. The van der Waals surface area contributed by atoms with Crippen molar-refractivity contribution >= 4 is 110 Å². The fourth-order valence-corrected chi connectivity index (χ4v) is 13.3. The molecule has 0 aliphatic rings. The first kappa shape index (κ1) is 48.9. The molecule has 16 rings (SSSR count). The maximum Gasteiger partial charge on any atom is 0.155 e. The number of fused-ring (bicyclic) bond motifs is 4. The van der Waals surface area contributed by atoms with Crippen molar-refractivity contribution in [3.8, 4) is 44.5 Å². The first-order valence-corrected chi connectivity index (χ1v) is 28.5. The molecular weight excluding hydrogens is 1030 g/mol. The molecule has 0 atom stereocenters. The largest absolute Gasteiger partial charge is 0.307 e. The molecule has 0 amide bonds. The van der Waals surface area contributed by atoms with Crippen LogP contribution in [0.4, 0.5) is 42.9 Å². The van der Waals surface area contributed by atoms with Crippen LogP contribution in [0.25, 0.3) is 120 Å². The highest BCUT2D eigenvalue weighted by Gasteiger charge is 2.28. The molecule has 4 heteroatoms. The first-order valence-electron chi connectivity index (χ1n) is 28.5. The minimum Gasteiger partial charge on any atom is -0.307 e. The van der Waals surface area contributed by atoms with Crippen LogP contribution < -0.4 is 9.80 Å². The van der Waals surface area contributed by atoms with Gasteiger partial charge in [-0.2, -0.15) is 0 Å². The van der Waals surface area contributed by atoms with Crippen molar-refractivity contribution in [2.75, 3.05) is 9.80 Å². The second kappa shape index (κ2) is 19.9. The Balaban J connectivity index is 0.953. The van der Waals surface area contributed by atoms with E-state index in [4.69, 9.17) is 0 Å². The average molecular weight is 1080 g/mol. The van der Waals surface area contributed by atoms with Crippen LogP contribution in [0.3, 0.4) is 0 Å². The third kappa shape index (κ3) is 7.98. The van der Waals surface area contributed by atoms with E-state index in [-0.39, 0.29) is 11.6 Å². The van der Waals surface area contributed by atoms with Crippen LogP contribution in [0.5, 0.6) is 0 Å². The Bertz CT molecular complexity index is 4900. The molecule has 16 aromatic carbocycles. The van der Waals surface area contributed by atoms with Gasteiger partial charge in [0.1, 0.15) is 0 Å². The van der Waals surface area contributed by atoms with Crippen LogP contribution >= 0.6 is 0 Å². The fraction of sp³-hybridized carbons (Fsp3) is 0. The fourth-order valence-electron chi connectivity index (χ4n) is 13.3. The number of hydrogen-bond acceptors (Lipinski definition) is 2. The predicted molar refractivity (Wildman–Crippen MR) is 351 cm³/mol. The summed E-state index contributed by atoms with van der Waals surface area (Å²) in [4.78, 5) is 4.20. The van der Waals surface area contributed by atoms with Gasteiger partial charge in [-0.25, -0.2) is 8.78 Å². The highest BCUT2D eigenvalue weighted by Crippen LogP contribution is 2.52. The number of rotatable bonds is 10. The summed E-state index contributed by atoms with van der Waals surface area (Å²) in [7, 11) is 0. The lowest BCUT2D eigenvalue weighted by Crippen LogP contribution is -2.14. The molecule has 0 bridgehead atoms. The molecule has 0 spiro atoms. The summed E-state index contributed by atoms with van der Waals surface area (Å²) in [6, 6.07) is 104. The van der Waals surface area contributed by atoms with Gasteiger partial charge in [0.05, 0.1) is 22.7 Å². The Hall–Kier alpha value is -10.9. The molecule has 0 radical (unpaired) electrons. The van der Waals surface area contributed by atoms with Gasteiger partial charge in [0, 0.05) is 33.3 Å². The van der Waals surface area contributed by atoms with Crippen LogP contribution in [-0.4, -0.2) is 0 Å². The molecule has 0 saturated heterocycles. The third-order valence-electron chi connectivity index (χ3n) is 17.1. The van der Waals surface area contributed by atoms with Gasteiger partial charge in [-0.3, -0.25) is 0 Å². The van der Waals surface area contributed by atoms with Gasteiger partial charge in [0.25, 0.3) is 0 Å². The Morgan fingerprint density at radius 2 is 0.512 bits per heavy atom. The number of benzene rings is 16. The van der Waals surface area contributed by atoms with Crippen LogP contribution in [-0.2, 0) is 0 Å². The molecular formula is C80H50F2N2. The van der Waals surface area contributed by atoms with Crippen LogP contribution in [0.15, 0.2) is 303 Å². The predicted octanol–water partition coefficient (Wildman–Crippen LogP) is 23.1. The Morgan fingerprint density at radius 3 is 0.893 bits per heavy atom. The van der Waals surface area contributed by atoms with Crippen molar-refractivity contribution in [3.63, 3.8) is 0 Å². The second-order valence-corrected chi connectivity index (χ2v) is 21.8. The molecule has 0 aliphatic heterocycles. The minimum atomic E-state index is -0.332. The zero-order chi connectivity index (χ0) is 55.8. The molecule has 16 aromatic rings. The zero-order valence-electron chi connectivity index (χ0n) is 45.5. The van der Waals surface area contributed by atoms with E-state index in [0.29, 0.717) is 22.5 Å². The minimum absolute atomic E-state index is 0.332. The monoisotopic (exact) mass is 1080 g/mol. The number of hydrogen-bond donors (Lipinski definition) is 0.